The fourth-order valence-corrected chi connectivity index (χ4v) is 2.45. The van der Waals surface area contributed by atoms with Crippen LogP contribution in [0.2, 0.25) is 0 Å². The Kier molecular flexibility index (Phi) is 4.15. The van der Waals surface area contributed by atoms with Gasteiger partial charge in [0.25, 0.3) is 5.91 Å². The van der Waals surface area contributed by atoms with E-state index in [1.807, 2.05) is 6.07 Å². The number of halogens is 3. The first-order chi connectivity index (χ1) is 11.8. The molecule has 0 spiro atoms. The average Bonchev–Trinajstić information content (AvgIpc) is 2.97. The van der Waals surface area contributed by atoms with Crippen LogP contribution in [0.3, 0.4) is 0 Å². The molecule has 3 heterocycles. The fraction of sp³-hybridized carbons (Fsp3) is 0.250. The molecular weight excluding hydrogens is 335 g/mol. The summed E-state index contributed by atoms with van der Waals surface area (Å²) in [6.45, 7) is 3.08. The Morgan fingerprint density at radius 1 is 1.20 bits per heavy atom. The zero-order valence-electron chi connectivity index (χ0n) is 13.4. The van der Waals surface area contributed by atoms with Gasteiger partial charge in [-0.25, -0.2) is 4.98 Å². The summed E-state index contributed by atoms with van der Waals surface area (Å²) in [6, 6.07) is 6.81. The molecule has 9 heteroatoms. The highest BCUT2D eigenvalue weighted by Crippen LogP contribution is 2.28. The number of nitrogens with one attached hydrogen (secondary N) is 1. The third-order valence-corrected chi connectivity index (χ3v) is 3.70. The van der Waals surface area contributed by atoms with E-state index in [2.05, 4.69) is 20.5 Å². The van der Waals surface area contributed by atoms with Crippen molar-refractivity contribution >= 4 is 11.6 Å². The largest absolute Gasteiger partial charge is 0.433 e. The summed E-state index contributed by atoms with van der Waals surface area (Å²) >= 11 is 0. The molecule has 1 amide bonds. The zero-order chi connectivity index (χ0) is 18.2. The summed E-state index contributed by atoms with van der Waals surface area (Å²) < 4.78 is 39.7. The third kappa shape index (κ3) is 3.30. The first-order valence-corrected chi connectivity index (χ1v) is 7.42. The second kappa shape index (κ2) is 6.15. The van der Waals surface area contributed by atoms with Crippen LogP contribution in [0.1, 0.15) is 40.5 Å². The number of fused-ring (bicyclic) bond motifs is 1. The normalized spacial score (nSPS) is 13.0. The Balaban J connectivity index is 1.82. The third-order valence-electron chi connectivity index (χ3n) is 3.70. The number of amides is 1. The van der Waals surface area contributed by atoms with Crippen LogP contribution in [0.25, 0.3) is 5.65 Å². The number of alkyl halides is 3. The minimum absolute atomic E-state index is 0.00521. The van der Waals surface area contributed by atoms with E-state index in [4.69, 9.17) is 0 Å². The van der Waals surface area contributed by atoms with Gasteiger partial charge in [0.1, 0.15) is 5.69 Å². The molecule has 130 valence electrons. The van der Waals surface area contributed by atoms with Crippen molar-refractivity contribution < 1.29 is 18.0 Å². The van der Waals surface area contributed by atoms with Gasteiger partial charge in [-0.1, -0.05) is 6.07 Å². The molecule has 1 unspecified atom stereocenters. The molecule has 1 atom stereocenters. The Labute approximate surface area is 140 Å². The van der Waals surface area contributed by atoms with Crippen LogP contribution in [0.4, 0.5) is 13.2 Å². The van der Waals surface area contributed by atoms with Gasteiger partial charge in [-0.05, 0) is 38.1 Å². The Hall–Kier alpha value is -2.97. The van der Waals surface area contributed by atoms with E-state index in [1.54, 1.807) is 29.7 Å². The lowest BCUT2D eigenvalue weighted by atomic mass is 10.1. The molecular formula is C16H14F3N5O. The van der Waals surface area contributed by atoms with Crippen molar-refractivity contribution in [3.05, 3.63) is 59.3 Å². The predicted octanol–water partition coefficient (Wildman–Crippen LogP) is 2.94. The van der Waals surface area contributed by atoms with Gasteiger partial charge in [0.2, 0.25) is 0 Å². The summed E-state index contributed by atoms with van der Waals surface area (Å²) in [5, 5.41) is 10.8. The molecule has 3 aromatic heterocycles. The van der Waals surface area contributed by atoms with Gasteiger partial charge in [-0.3, -0.25) is 9.20 Å². The standard InChI is InChI=1S/C16H14F3N5O/c1-9-11(6-7-12(20-9)16(17,18)19)15(25)21-10(2)14-23-22-13-5-3-4-8-24(13)14/h3-8,10H,1-2H3,(H,21,25). The maximum absolute atomic E-state index is 12.7. The minimum atomic E-state index is -4.55. The first kappa shape index (κ1) is 16.9. The van der Waals surface area contributed by atoms with Crippen molar-refractivity contribution in [2.75, 3.05) is 0 Å². The quantitative estimate of drug-likeness (QED) is 0.789. The number of hydrogen-bond acceptors (Lipinski definition) is 4. The summed E-state index contributed by atoms with van der Waals surface area (Å²) in [5.41, 5.74) is -0.316. The molecule has 0 fully saturated rings. The van der Waals surface area contributed by atoms with Crippen molar-refractivity contribution in [3.63, 3.8) is 0 Å². The molecule has 1 N–H and O–H groups in total. The lowest BCUT2D eigenvalue weighted by molar-refractivity contribution is -0.141. The topological polar surface area (TPSA) is 72.2 Å². The van der Waals surface area contributed by atoms with Crippen molar-refractivity contribution in [2.24, 2.45) is 0 Å². The molecule has 3 rings (SSSR count). The highest BCUT2D eigenvalue weighted by Gasteiger charge is 2.33. The predicted molar refractivity (Wildman–Crippen MR) is 82.8 cm³/mol. The van der Waals surface area contributed by atoms with Gasteiger partial charge < -0.3 is 5.32 Å². The maximum atomic E-state index is 12.7. The lowest BCUT2D eigenvalue weighted by Crippen LogP contribution is -2.29. The van der Waals surface area contributed by atoms with Gasteiger partial charge in [-0.15, -0.1) is 10.2 Å². The number of aryl methyl sites for hydroxylation is 1. The van der Waals surface area contributed by atoms with Crippen LogP contribution in [-0.4, -0.2) is 25.5 Å². The molecule has 0 aromatic carbocycles. The summed E-state index contributed by atoms with van der Waals surface area (Å²) in [6.07, 6.45) is -2.79. The smallest absolute Gasteiger partial charge is 0.342 e. The molecule has 0 radical (unpaired) electrons. The summed E-state index contributed by atoms with van der Waals surface area (Å²) in [7, 11) is 0. The molecule has 3 aromatic rings. The second-order valence-corrected chi connectivity index (χ2v) is 5.51. The Morgan fingerprint density at radius 3 is 2.64 bits per heavy atom. The molecule has 0 aliphatic rings. The molecule has 0 bridgehead atoms. The molecule has 0 saturated heterocycles. The van der Waals surface area contributed by atoms with Crippen molar-refractivity contribution in [2.45, 2.75) is 26.1 Å². The fourth-order valence-electron chi connectivity index (χ4n) is 2.45. The average molecular weight is 349 g/mol. The van der Waals surface area contributed by atoms with E-state index in [1.165, 1.54) is 6.92 Å². The number of carbonyl (C=O) groups is 1. The SMILES string of the molecule is Cc1nc(C(F)(F)F)ccc1C(=O)NC(C)c1nnc2ccccn12. The number of pyridine rings is 2. The Bertz CT molecular complexity index is 935. The number of carbonyl (C=O) groups excluding carboxylic acids is 1. The van der Waals surface area contributed by atoms with Crippen molar-refractivity contribution in [1.82, 2.24) is 24.9 Å². The van der Waals surface area contributed by atoms with Crippen molar-refractivity contribution in [1.29, 1.82) is 0 Å². The minimum Gasteiger partial charge on any atom is -0.342 e. The van der Waals surface area contributed by atoms with E-state index >= 15 is 0 Å². The highest BCUT2D eigenvalue weighted by molar-refractivity contribution is 5.95. The van der Waals surface area contributed by atoms with Crippen LogP contribution in [0.15, 0.2) is 36.5 Å². The van der Waals surface area contributed by atoms with E-state index in [0.717, 1.165) is 12.1 Å². The Morgan fingerprint density at radius 2 is 1.96 bits per heavy atom. The number of hydrogen-bond donors (Lipinski definition) is 1. The number of rotatable bonds is 3. The maximum Gasteiger partial charge on any atom is 0.433 e. The van der Waals surface area contributed by atoms with Gasteiger partial charge in [-0.2, -0.15) is 13.2 Å². The summed E-state index contributed by atoms with van der Waals surface area (Å²) in [5.74, 6) is -0.0135. The lowest BCUT2D eigenvalue weighted by Gasteiger charge is -2.14. The molecule has 0 aliphatic carbocycles. The van der Waals surface area contributed by atoms with E-state index in [0.29, 0.717) is 11.5 Å². The molecule has 0 aliphatic heterocycles. The zero-order valence-corrected chi connectivity index (χ0v) is 13.4. The molecule has 25 heavy (non-hydrogen) atoms. The van der Waals surface area contributed by atoms with E-state index in [-0.39, 0.29) is 11.3 Å². The van der Waals surface area contributed by atoms with Crippen LogP contribution < -0.4 is 5.32 Å². The van der Waals surface area contributed by atoms with Crippen LogP contribution in [-0.2, 0) is 6.18 Å². The van der Waals surface area contributed by atoms with Gasteiger partial charge in [0, 0.05) is 6.20 Å². The molecule has 0 saturated carbocycles. The van der Waals surface area contributed by atoms with Gasteiger partial charge >= 0.3 is 6.18 Å². The van der Waals surface area contributed by atoms with E-state index < -0.39 is 23.8 Å². The highest BCUT2D eigenvalue weighted by atomic mass is 19.4. The van der Waals surface area contributed by atoms with Gasteiger partial charge in [0.15, 0.2) is 11.5 Å². The van der Waals surface area contributed by atoms with Crippen molar-refractivity contribution in [3.8, 4) is 0 Å². The van der Waals surface area contributed by atoms with Crippen LogP contribution in [0.5, 0.6) is 0 Å². The number of aromatic nitrogens is 4. The van der Waals surface area contributed by atoms with Crippen LogP contribution >= 0.6 is 0 Å². The van der Waals surface area contributed by atoms with E-state index in [9.17, 15) is 18.0 Å². The number of nitrogens with zero attached hydrogens (tertiary/aromatic N) is 4. The molecule has 6 nitrogen and oxygen atoms in total. The first-order valence-electron chi connectivity index (χ1n) is 7.42. The van der Waals surface area contributed by atoms with Crippen LogP contribution in [0, 0.1) is 6.92 Å². The van der Waals surface area contributed by atoms with Gasteiger partial charge in [0.05, 0.1) is 17.3 Å². The monoisotopic (exact) mass is 349 g/mol. The summed E-state index contributed by atoms with van der Waals surface area (Å²) in [4.78, 5) is 15.8. The second-order valence-electron chi connectivity index (χ2n) is 5.51.